The molecule has 0 saturated heterocycles. The average molecular weight is 379 g/mol. The molecule has 0 bridgehead atoms. The molecule has 136 valence electrons. The number of hydrogen-bond donors (Lipinski definition) is 2. The third kappa shape index (κ3) is 3.43. The van der Waals surface area contributed by atoms with Crippen molar-refractivity contribution in [3.8, 4) is 0 Å². The standard InChI is InChI=1S/C19H17N5O2S/c1-11(19(25)26)7-14-12(2)24(10-22-14)9-13-3-4-16-15(8-13)23-17-18(27-16)21-6-5-20-17/h3-8,10H,9H2,1-2H3,(H,20,23)(H,25,26)/b11-7+. The number of aliphatic carboxylic acids is 1. The maximum Gasteiger partial charge on any atom is 0.331 e. The van der Waals surface area contributed by atoms with E-state index in [0.717, 1.165) is 32.7 Å². The quantitative estimate of drug-likeness (QED) is 0.522. The first-order valence-corrected chi connectivity index (χ1v) is 9.15. The predicted molar refractivity (Wildman–Crippen MR) is 103 cm³/mol. The molecular weight excluding hydrogens is 362 g/mol. The fraction of sp³-hybridized carbons (Fsp3) is 0.158. The van der Waals surface area contributed by atoms with Crippen LogP contribution in [0.2, 0.25) is 0 Å². The number of fused-ring (bicyclic) bond motifs is 2. The topological polar surface area (TPSA) is 92.9 Å². The largest absolute Gasteiger partial charge is 0.478 e. The lowest BCUT2D eigenvalue weighted by atomic mass is 10.2. The van der Waals surface area contributed by atoms with Crippen molar-refractivity contribution in [3.63, 3.8) is 0 Å². The molecule has 1 aliphatic heterocycles. The predicted octanol–water partition coefficient (Wildman–Crippen LogP) is 3.73. The van der Waals surface area contributed by atoms with Gasteiger partial charge >= 0.3 is 5.97 Å². The third-order valence-electron chi connectivity index (χ3n) is 4.35. The zero-order chi connectivity index (χ0) is 19.0. The van der Waals surface area contributed by atoms with Crippen LogP contribution in [0.5, 0.6) is 0 Å². The summed E-state index contributed by atoms with van der Waals surface area (Å²) in [4.78, 5) is 25.1. The number of carbonyl (C=O) groups is 1. The Hall–Kier alpha value is -3.13. The first kappa shape index (κ1) is 17.3. The Labute approximate surface area is 160 Å². The SMILES string of the molecule is C/C(=C\c1ncn(Cc2ccc3c(c2)Nc2nccnc2S3)c1C)C(=O)O. The molecule has 0 radical (unpaired) electrons. The van der Waals surface area contributed by atoms with E-state index in [9.17, 15) is 4.79 Å². The molecule has 2 N–H and O–H groups in total. The molecule has 0 aliphatic carbocycles. The van der Waals surface area contributed by atoms with Gasteiger partial charge in [-0.3, -0.25) is 0 Å². The lowest BCUT2D eigenvalue weighted by Gasteiger charge is -2.19. The molecule has 0 unspecified atom stereocenters. The molecule has 1 aromatic carbocycles. The van der Waals surface area contributed by atoms with Crippen molar-refractivity contribution in [2.75, 3.05) is 5.32 Å². The van der Waals surface area contributed by atoms with E-state index in [4.69, 9.17) is 5.11 Å². The highest BCUT2D eigenvalue weighted by molar-refractivity contribution is 7.99. The number of anilines is 2. The molecule has 0 atom stereocenters. The number of nitrogens with one attached hydrogen (secondary N) is 1. The smallest absolute Gasteiger partial charge is 0.331 e. The molecule has 0 amide bonds. The molecule has 27 heavy (non-hydrogen) atoms. The molecule has 7 nitrogen and oxygen atoms in total. The van der Waals surface area contributed by atoms with Gasteiger partial charge in [-0.1, -0.05) is 17.8 Å². The number of carboxylic acids is 1. The van der Waals surface area contributed by atoms with E-state index in [0.29, 0.717) is 12.2 Å². The summed E-state index contributed by atoms with van der Waals surface area (Å²) in [5.41, 5.74) is 3.97. The van der Waals surface area contributed by atoms with Crippen LogP contribution in [0.25, 0.3) is 6.08 Å². The molecule has 2 aromatic heterocycles. The Morgan fingerprint density at radius 2 is 2.11 bits per heavy atom. The van der Waals surface area contributed by atoms with Crippen LogP contribution in [-0.4, -0.2) is 30.6 Å². The third-order valence-corrected chi connectivity index (χ3v) is 5.42. The fourth-order valence-corrected chi connectivity index (χ4v) is 3.68. The first-order chi connectivity index (χ1) is 13.0. The van der Waals surface area contributed by atoms with Crippen LogP contribution in [0.3, 0.4) is 0 Å². The molecule has 3 heterocycles. The summed E-state index contributed by atoms with van der Waals surface area (Å²) in [5, 5.41) is 13.2. The average Bonchev–Trinajstić information content (AvgIpc) is 2.99. The van der Waals surface area contributed by atoms with Crippen LogP contribution in [0.4, 0.5) is 11.5 Å². The molecule has 1 aliphatic rings. The summed E-state index contributed by atoms with van der Waals surface area (Å²) in [6.07, 6.45) is 6.69. The fourth-order valence-electron chi connectivity index (χ4n) is 2.80. The Morgan fingerprint density at radius 3 is 2.93 bits per heavy atom. The molecule has 4 rings (SSSR count). The van der Waals surface area contributed by atoms with Crippen molar-refractivity contribution in [1.29, 1.82) is 0 Å². The zero-order valence-corrected chi connectivity index (χ0v) is 15.6. The van der Waals surface area contributed by atoms with Crippen LogP contribution in [0.1, 0.15) is 23.9 Å². The van der Waals surface area contributed by atoms with Crippen molar-refractivity contribution < 1.29 is 9.90 Å². The van der Waals surface area contributed by atoms with Gasteiger partial charge in [0.2, 0.25) is 0 Å². The maximum absolute atomic E-state index is 11.0. The van der Waals surface area contributed by atoms with E-state index in [1.54, 1.807) is 43.5 Å². The van der Waals surface area contributed by atoms with Gasteiger partial charge in [-0.15, -0.1) is 0 Å². The summed E-state index contributed by atoms with van der Waals surface area (Å²) < 4.78 is 2.01. The minimum absolute atomic E-state index is 0.262. The summed E-state index contributed by atoms with van der Waals surface area (Å²) in [7, 11) is 0. The van der Waals surface area contributed by atoms with Crippen molar-refractivity contribution in [3.05, 3.63) is 59.4 Å². The maximum atomic E-state index is 11.0. The van der Waals surface area contributed by atoms with Gasteiger partial charge in [0.15, 0.2) is 5.82 Å². The van der Waals surface area contributed by atoms with Crippen molar-refractivity contribution in [2.24, 2.45) is 0 Å². The second-order valence-electron chi connectivity index (χ2n) is 6.24. The number of hydrogen-bond acceptors (Lipinski definition) is 6. The van der Waals surface area contributed by atoms with Gasteiger partial charge in [0.05, 0.1) is 17.7 Å². The number of carboxylic acid groups (broad SMARTS) is 1. The van der Waals surface area contributed by atoms with Gasteiger partial charge in [0.25, 0.3) is 0 Å². The van der Waals surface area contributed by atoms with E-state index < -0.39 is 5.97 Å². The van der Waals surface area contributed by atoms with Gasteiger partial charge < -0.3 is 15.0 Å². The summed E-state index contributed by atoms with van der Waals surface area (Å²) in [5.74, 6) is -0.173. The van der Waals surface area contributed by atoms with Crippen LogP contribution in [0.15, 0.2) is 52.4 Å². The molecular formula is C19H17N5O2S. The Kier molecular flexibility index (Phi) is 4.41. The monoisotopic (exact) mass is 379 g/mol. The van der Waals surface area contributed by atoms with Gasteiger partial charge in [-0.2, -0.15) is 0 Å². The highest BCUT2D eigenvalue weighted by Crippen LogP contribution is 2.42. The van der Waals surface area contributed by atoms with E-state index in [-0.39, 0.29) is 5.57 Å². The van der Waals surface area contributed by atoms with Gasteiger partial charge in [0, 0.05) is 35.1 Å². The van der Waals surface area contributed by atoms with Crippen molar-refractivity contribution in [1.82, 2.24) is 19.5 Å². The Balaban J connectivity index is 1.58. The van der Waals surface area contributed by atoms with Crippen molar-refractivity contribution >= 4 is 35.3 Å². The summed E-state index contributed by atoms with van der Waals surface area (Å²) in [6.45, 7) is 4.15. The van der Waals surface area contributed by atoms with E-state index in [1.165, 1.54) is 0 Å². The normalized spacial score (nSPS) is 12.9. The lowest BCUT2D eigenvalue weighted by molar-refractivity contribution is -0.132. The number of benzene rings is 1. The van der Waals surface area contributed by atoms with Gasteiger partial charge in [-0.25, -0.2) is 19.7 Å². The molecule has 3 aromatic rings. The lowest BCUT2D eigenvalue weighted by Crippen LogP contribution is -2.06. The minimum Gasteiger partial charge on any atom is -0.478 e. The highest BCUT2D eigenvalue weighted by atomic mass is 32.2. The zero-order valence-electron chi connectivity index (χ0n) is 14.8. The number of rotatable bonds is 4. The second kappa shape index (κ2) is 6.88. The molecule has 0 fully saturated rings. The number of imidazole rings is 1. The number of aromatic nitrogens is 4. The van der Waals surface area contributed by atoms with E-state index in [2.05, 4.69) is 38.5 Å². The first-order valence-electron chi connectivity index (χ1n) is 8.33. The molecule has 8 heteroatoms. The molecule has 0 spiro atoms. The van der Waals surface area contributed by atoms with Gasteiger partial charge in [0.1, 0.15) is 5.03 Å². The van der Waals surface area contributed by atoms with E-state index >= 15 is 0 Å². The van der Waals surface area contributed by atoms with Crippen LogP contribution in [-0.2, 0) is 11.3 Å². The summed E-state index contributed by atoms with van der Waals surface area (Å²) >= 11 is 1.60. The second-order valence-corrected chi connectivity index (χ2v) is 7.27. The Bertz CT molecular complexity index is 1070. The summed E-state index contributed by atoms with van der Waals surface area (Å²) in [6, 6.07) is 6.24. The van der Waals surface area contributed by atoms with Crippen molar-refractivity contribution in [2.45, 2.75) is 30.3 Å². The molecule has 0 saturated carbocycles. The van der Waals surface area contributed by atoms with Gasteiger partial charge in [-0.05, 0) is 37.6 Å². The van der Waals surface area contributed by atoms with E-state index in [1.807, 2.05) is 11.5 Å². The van der Waals surface area contributed by atoms with Crippen LogP contribution >= 0.6 is 11.8 Å². The Morgan fingerprint density at radius 1 is 1.30 bits per heavy atom. The highest BCUT2D eigenvalue weighted by Gasteiger charge is 2.18. The minimum atomic E-state index is -0.939. The van der Waals surface area contributed by atoms with Crippen LogP contribution < -0.4 is 5.32 Å². The van der Waals surface area contributed by atoms with Crippen LogP contribution in [0, 0.1) is 6.92 Å². The number of nitrogens with zero attached hydrogens (tertiary/aromatic N) is 4.